The van der Waals surface area contributed by atoms with Crippen LogP contribution in [0.5, 0.6) is 17.2 Å². The lowest BCUT2D eigenvalue weighted by molar-refractivity contribution is 0.0943. The molecule has 21 heteroatoms. The van der Waals surface area contributed by atoms with E-state index in [0.717, 1.165) is 38.2 Å². The Hall–Kier alpha value is -6.49. The van der Waals surface area contributed by atoms with E-state index in [0.29, 0.717) is 84.3 Å². The van der Waals surface area contributed by atoms with E-state index >= 15 is 0 Å². The molecule has 8 rings (SSSR count). The van der Waals surface area contributed by atoms with Crippen LogP contribution in [0.4, 0.5) is 11.4 Å². The van der Waals surface area contributed by atoms with Crippen molar-refractivity contribution in [3.05, 3.63) is 148 Å². The predicted octanol–water partition coefficient (Wildman–Crippen LogP) is 7.01. The van der Waals surface area contributed by atoms with Gasteiger partial charge in [-0.15, -0.1) is 22.7 Å². The molecule has 0 aliphatic carbocycles. The number of nitrogens with one attached hydrogen (secondary N) is 4. The maximum atomic E-state index is 13.2. The van der Waals surface area contributed by atoms with Gasteiger partial charge in [0, 0.05) is 70.4 Å². The third-order valence-corrected chi connectivity index (χ3v) is 18.8. The van der Waals surface area contributed by atoms with Crippen LogP contribution in [0.25, 0.3) is 0 Å². The molecule has 17 nitrogen and oxygen atoms in total. The van der Waals surface area contributed by atoms with Crippen LogP contribution >= 0.6 is 22.7 Å². The number of nitrogens with zero attached hydrogens (tertiary/aromatic N) is 2. The summed E-state index contributed by atoms with van der Waals surface area (Å²) < 4.78 is 72.0. The van der Waals surface area contributed by atoms with Crippen LogP contribution in [0, 0.1) is 0 Å². The number of thiophene rings is 2. The fourth-order valence-electron chi connectivity index (χ4n) is 7.97. The molecule has 0 unspecified atom stereocenters. The summed E-state index contributed by atoms with van der Waals surface area (Å²) in [5.41, 5.74) is 8.42. The first kappa shape index (κ1) is 52.3. The van der Waals surface area contributed by atoms with Gasteiger partial charge >= 0.3 is 0 Å². The van der Waals surface area contributed by atoms with Crippen molar-refractivity contribution in [2.45, 2.75) is 59.3 Å². The zero-order valence-electron chi connectivity index (χ0n) is 39.5. The fraction of sp³-hybridized carbons (Fsp3) is 0.300. The van der Waals surface area contributed by atoms with E-state index in [1.807, 2.05) is 30.3 Å². The number of carbonyl (C=O) groups is 3. The van der Waals surface area contributed by atoms with Crippen molar-refractivity contribution < 1.29 is 45.4 Å². The van der Waals surface area contributed by atoms with Crippen LogP contribution in [0.3, 0.4) is 0 Å². The van der Waals surface area contributed by atoms with Gasteiger partial charge in [0.25, 0.3) is 31.9 Å². The highest BCUT2D eigenvalue weighted by Crippen LogP contribution is 2.31. The van der Waals surface area contributed by atoms with Crippen molar-refractivity contribution in [1.29, 1.82) is 0 Å². The van der Waals surface area contributed by atoms with Crippen molar-refractivity contribution in [2.24, 2.45) is 5.73 Å². The Morgan fingerprint density at radius 3 is 1.51 bits per heavy atom. The summed E-state index contributed by atoms with van der Waals surface area (Å²) in [7, 11) is -2.49. The number of piperidine rings is 2. The number of amides is 3. The number of para-hydroxylation sites is 2. The lowest BCUT2D eigenvalue weighted by Gasteiger charge is -2.32. The van der Waals surface area contributed by atoms with Gasteiger partial charge in [-0.1, -0.05) is 30.3 Å². The fourth-order valence-corrected chi connectivity index (χ4v) is 13.8. The van der Waals surface area contributed by atoms with Gasteiger partial charge in [0.05, 0.1) is 40.1 Å². The highest BCUT2D eigenvalue weighted by atomic mass is 32.3. The molecule has 71 heavy (non-hydrogen) atoms. The number of hydrogen-bond acceptors (Lipinski definition) is 14. The summed E-state index contributed by atoms with van der Waals surface area (Å²) in [6, 6.07) is 35.3. The van der Waals surface area contributed by atoms with E-state index in [1.165, 1.54) is 27.1 Å². The van der Waals surface area contributed by atoms with E-state index in [4.69, 9.17) is 19.9 Å². The van der Waals surface area contributed by atoms with Crippen LogP contribution in [0.15, 0.2) is 130 Å². The Kier molecular flexibility index (Phi) is 17.8. The molecule has 0 atom stereocenters. The first-order chi connectivity index (χ1) is 34.2. The van der Waals surface area contributed by atoms with Crippen LogP contribution < -0.4 is 41.2 Å². The van der Waals surface area contributed by atoms with Gasteiger partial charge in [0.1, 0.15) is 25.7 Å². The molecular weight excluding hydrogens is 987 g/mol. The first-order valence-corrected chi connectivity index (χ1v) is 27.3. The number of methoxy groups -OCH3 is 3. The summed E-state index contributed by atoms with van der Waals surface area (Å²) in [4.78, 5) is 37.8. The van der Waals surface area contributed by atoms with Gasteiger partial charge in [-0.3, -0.25) is 14.4 Å². The SMILES string of the molecule is COc1cccc(C(=O)NCc2ccc(S(=O)(=O)N3CCC(Nc4cccc(C(N)=O)c4)CC3)s2)c1.COc1cccc(C(=O)NCc2ccc(S(=O)(=O)N3CCC(Nc4ccccc4OC)CC3)s2)c1. The van der Waals surface area contributed by atoms with Crippen molar-refractivity contribution in [3.63, 3.8) is 0 Å². The monoisotopic (exact) mass is 1040 g/mol. The van der Waals surface area contributed by atoms with E-state index < -0.39 is 26.0 Å². The number of sulfonamides is 2. The van der Waals surface area contributed by atoms with E-state index in [9.17, 15) is 31.2 Å². The Balaban J connectivity index is 0.000000209. The zero-order chi connectivity index (χ0) is 50.5. The third kappa shape index (κ3) is 13.7. The highest BCUT2D eigenvalue weighted by molar-refractivity contribution is 7.91. The normalized spacial score (nSPS) is 14.9. The minimum Gasteiger partial charge on any atom is -0.497 e. The van der Waals surface area contributed by atoms with E-state index in [1.54, 1.807) is 105 Å². The van der Waals surface area contributed by atoms with Crippen LogP contribution in [0.1, 0.15) is 66.5 Å². The quantitative estimate of drug-likeness (QED) is 0.0586. The maximum absolute atomic E-state index is 13.2. The first-order valence-electron chi connectivity index (χ1n) is 22.7. The van der Waals surface area contributed by atoms with Crippen molar-refractivity contribution in [1.82, 2.24) is 19.2 Å². The van der Waals surface area contributed by atoms with Gasteiger partial charge < -0.3 is 41.2 Å². The number of carbonyl (C=O) groups excluding carboxylic acids is 3. The van der Waals surface area contributed by atoms with Crippen LogP contribution in [-0.4, -0.2) is 103 Å². The molecule has 0 bridgehead atoms. The molecule has 2 aromatic heterocycles. The van der Waals surface area contributed by atoms with Gasteiger partial charge in [-0.05, 0) is 117 Å². The number of ether oxygens (including phenoxy) is 3. The van der Waals surface area contributed by atoms with Gasteiger partial charge in [-0.2, -0.15) is 8.61 Å². The summed E-state index contributed by atoms with van der Waals surface area (Å²) in [5.74, 6) is 0.963. The van der Waals surface area contributed by atoms with Crippen molar-refractivity contribution >= 4 is 71.8 Å². The molecule has 0 radical (unpaired) electrons. The molecule has 6 N–H and O–H groups in total. The van der Waals surface area contributed by atoms with Crippen LogP contribution in [0.2, 0.25) is 0 Å². The second kappa shape index (κ2) is 24.1. The molecule has 4 heterocycles. The largest absolute Gasteiger partial charge is 0.497 e. The molecule has 376 valence electrons. The second-order valence-corrected chi connectivity index (χ2v) is 23.2. The zero-order valence-corrected chi connectivity index (χ0v) is 42.7. The topological polar surface area (TPSA) is 228 Å². The summed E-state index contributed by atoms with van der Waals surface area (Å²) in [6.45, 7) is 2.13. The summed E-state index contributed by atoms with van der Waals surface area (Å²) >= 11 is 2.34. The molecule has 3 amide bonds. The molecule has 2 aliphatic heterocycles. The third-order valence-electron chi connectivity index (χ3n) is 11.9. The molecule has 2 saturated heterocycles. The minimum absolute atomic E-state index is 0.0882. The highest BCUT2D eigenvalue weighted by Gasteiger charge is 2.32. The Morgan fingerprint density at radius 1 is 0.563 bits per heavy atom. The van der Waals surface area contributed by atoms with E-state index in [2.05, 4.69) is 21.3 Å². The number of nitrogens with two attached hydrogens (primary N) is 1. The number of primary amides is 1. The lowest BCUT2D eigenvalue weighted by atomic mass is 10.1. The molecule has 6 aromatic rings. The van der Waals surface area contributed by atoms with Crippen LogP contribution in [-0.2, 0) is 33.1 Å². The molecule has 0 spiro atoms. The van der Waals surface area contributed by atoms with Gasteiger partial charge in [0.2, 0.25) is 5.91 Å². The second-order valence-electron chi connectivity index (χ2n) is 16.6. The van der Waals surface area contributed by atoms with Crippen molar-refractivity contribution in [2.75, 3.05) is 58.1 Å². The molecular formula is C50H57N7O10S4. The number of benzene rings is 4. The smallest absolute Gasteiger partial charge is 0.252 e. The molecule has 2 aliphatic rings. The lowest BCUT2D eigenvalue weighted by Crippen LogP contribution is -2.42. The standard InChI is InChI=1S/C25H28N4O5S2.C25H29N3O5S2/c1-34-21-7-3-5-18(15-21)25(31)27-16-22-8-9-23(35-22)36(32,33)29-12-10-19(11-13-29)28-20-6-2-4-17(14-20)24(26)30;1-32-20-7-5-6-18(16-20)25(29)26-17-21-10-11-24(34-21)35(30,31)28-14-12-19(13-15-28)27-22-8-3-4-9-23(22)33-2/h2-9,14-15,19,28H,10-13,16H2,1H3,(H2,26,30)(H,27,31);3-11,16,19,27H,12-15,17H2,1-2H3,(H,26,29). The number of hydrogen-bond donors (Lipinski definition) is 5. The summed E-state index contributed by atoms with van der Waals surface area (Å²) in [5, 5.41) is 12.5. The van der Waals surface area contributed by atoms with Crippen molar-refractivity contribution in [3.8, 4) is 17.2 Å². The Morgan fingerprint density at radius 2 is 1.03 bits per heavy atom. The maximum Gasteiger partial charge on any atom is 0.252 e. The molecule has 4 aromatic carbocycles. The Labute approximate surface area is 422 Å². The van der Waals surface area contributed by atoms with Gasteiger partial charge in [0.15, 0.2) is 0 Å². The average Bonchev–Trinajstić information content (AvgIpc) is 4.10. The number of rotatable bonds is 18. The predicted molar refractivity (Wildman–Crippen MR) is 276 cm³/mol. The minimum atomic E-state index is -3.62. The summed E-state index contributed by atoms with van der Waals surface area (Å²) in [6.07, 6.45) is 2.67. The molecule has 0 saturated carbocycles. The van der Waals surface area contributed by atoms with Gasteiger partial charge in [-0.25, -0.2) is 16.8 Å². The average molecular weight is 1040 g/mol. The Bertz CT molecular complexity index is 3020. The van der Waals surface area contributed by atoms with E-state index in [-0.39, 0.29) is 41.2 Å². The number of anilines is 2. The molecule has 2 fully saturated rings.